The SMILES string of the molecule is Cn1cc(CN2CCC[C@H](c3nc4c(s3)CCCC4)C2)cn1. The Morgan fingerprint density at radius 3 is 3.00 bits per heavy atom. The van der Waals surface area contributed by atoms with Crippen molar-refractivity contribution in [2.45, 2.75) is 51.0 Å². The van der Waals surface area contributed by atoms with Gasteiger partial charge < -0.3 is 0 Å². The second-order valence-corrected chi connectivity index (χ2v) is 7.84. The van der Waals surface area contributed by atoms with Crippen LogP contribution >= 0.6 is 11.3 Å². The van der Waals surface area contributed by atoms with E-state index in [0.29, 0.717) is 5.92 Å². The van der Waals surface area contributed by atoms with Crippen LogP contribution in [0, 0.1) is 0 Å². The van der Waals surface area contributed by atoms with E-state index in [0.717, 1.165) is 13.1 Å². The Hall–Kier alpha value is -1.20. The fourth-order valence-electron chi connectivity index (χ4n) is 3.76. The molecule has 4 rings (SSSR count). The summed E-state index contributed by atoms with van der Waals surface area (Å²) in [6.45, 7) is 3.38. The van der Waals surface area contributed by atoms with Gasteiger partial charge in [-0.2, -0.15) is 5.10 Å². The van der Waals surface area contributed by atoms with Gasteiger partial charge in [0.25, 0.3) is 0 Å². The van der Waals surface area contributed by atoms with Gasteiger partial charge in [-0.25, -0.2) is 4.98 Å². The van der Waals surface area contributed by atoms with Crippen LogP contribution in [0.1, 0.15) is 52.7 Å². The Balaban J connectivity index is 1.45. The fraction of sp³-hybridized carbons (Fsp3) is 0.647. The lowest BCUT2D eigenvalue weighted by atomic mass is 9.98. The molecule has 0 N–H and O–H groups in total. The van der Waals surface area contributed by atoms with E-state index in [1.165, 1.54) is 61.3 Å². The van der Waals surface area contributed by atoms with E-state index in [4.69, 9.17) is 4.98 Å². The molecule has 1 aliphatic heterocycles. The summed E-state index contributed by atoms with van der Waals surface area (Å²) in [7, 11) is 1.99. The van der Waals surface area contributed by atoms with Crippen molar-refractivity contribution >= 4 is 11.3 Å². The number of aryl methyl sites for hydroxylation is 3. The minimum Gasteiger partial charge on any atom is -0.298 e. The summed E-state index contributed by atoms with van der Waals surface area (Å²) in [5, 5.41) is 5.69. The fourth-order valence-corrected chi connectivity index (χ4v) is 5.04. The summed E-state index contributed by atoms with van der Waals surface area (Å²) in [6.07, 6.45) is 11.9. The van der Waals surface area contributed by atoms with Crippen LogP contribution < -0.4 is 0 Å². The molecule has 0 saturated carbocycles. The molecule has 2 aliphatic rings. The zero-order chi connectivity index (χ0) is 14.9. The number of nitrogens with zero attached hydrogens (tertiary/aromatic N) is 4. The average molecular weight is 316 g/mol. The number of fused-ring (bicyclic) bond motifs is 1. The number of likely N-dealkylation sites (tertiary alicyclic amines) is 1. The minimum absolute atomic E-state index is 0.640. The summed E-state index contributed by atoms with van der Waals surface area (Å²) in [4.78, 5) is 9.15. The van der Waals surface area contributed by atoms with Gasteiger partial charge in [-0.3, -0.25) is 9.58 Å². The molecule has 0 unspecified atom stereocenters. The van der Waals surface area contributed by atoms with Crippen LogP contribution in [0.5, 0.6) is 0 Å². The van der Waals surface area contributed by atoms with Gasteiger partial charge in [0.1, 0.15) is 0 Å². The predicted molar refractivity (Wildman–Crippen MR) is 89.2 cm³/mol. The molecule has 22 heavy (non-hydrogen) atoms. The summed E-state index contributed by atoms with van der Waals surface area (Å²) in [5.74, 6) is 0.640. The maximum absolute atomic E-state index is 5.00. The van der Waals surface area contributed by atoms with Crippen molar-refractivity contribution in [3.05, 3.63) is 33.5 Å². The van der Waals surface area contributed by atoms with Gasteiger partial charge in [0.05, 0.1) is 16.9 Å². The standard InChI is InChI=1S/C17H24N4S/c1-20-10-13(9-18-20)11-21-8-4-5-14(12-21)17-19-15-6-2-3-7-16(15)22-17/h9-10,14H,2-8,11-12H2,1H3/t14-/m0/s1. The second-order valence-electron chi connectivity index (χ2n) is 6.73. The third-order valence-electron chi connectivity index (χ3n) is 4.88. The highest BCUT2D eigenvalue weighted by atomic mass is 32.1. The van der Waals surface area contributed by atoms with Crippen LogP contribution in [0.3, 0.4) is 0 Å². The highest BCUT2D eigenvalue weighted by Gasteiger charge is 2.26. The second kappa shape index (κ2) is 6.13. The number of hydrogen-bond acceptors (Lipinski definition) is 4. The molecule has 4 nitrogen and oxygen atoms in total. The predicted octanol–water partition coefficient (Wildman–Crippen LogP) is 3.14. The number of aromatic nitrogens is 3. The van der Waals surface area contributed by atoms with Gasteiger partial charge in [-0.15, -0.1) is 11.3 Å². The monoisotopic (exact) mass is 316 g/mol. The Morgan fingerprint density at radius 2 is 2.18 bits per heavy atom. The summed E-state index contributed by atoms with van der Waals surface area (Å²) < 4.78 is 1.89. The van der Waals surface area contributed by atoms with Crippen LogP contribution in [0.2, 0.25) is 0 Å². The molecule has 118 valence electrons. The smallest absolute Gasteiger partial charge is 0.0974 e. The van der Waals surface area contributed by atoms with E-state index in [9.17, 15) is 0 Å². The molecule has 5 heteroatoms. The first-order valence-corrected chi connectivity index (χ1v) is 9.28. The van der Waals surface area contributed by atoms with Crippen LogP contribution in [-0.4, -0.2) is 32.8 Å². The number of rotatable bonds is 3. The van der Waals surface area contributed by atoms with Crippen molar-refractivity contribution in [1.82, 2.24) is 19.7 Å². The lowest BCUT2D eigenvalue weighted by Crippen LogP contribution is -2.33. The maximum atomic E-state index is 5.00. The molecule has 0 radical (unpaired) electrons. The van der Waals surface area contributed by atoms with E-state index in [1.54, 1.807) is 4.88 Å². The molecule has 2 aromatic rings. The van der Waals surface area contributed by atoms with Crippen LogP contribution in [-0.2, 0) is 26.4 Å². The van der Waals surface area contributed by atoms with Gasteiger partial charge in [0, 0.05) is 42.7 Å². The Labute approximate surface area is 136 Å². The molecule has 1 aliphatic carbocycles. The molecule has 0 bridgehead atoms. The molecule has 1 fully saturated rings. The molecule has 0 spiro atoms. The lowest BCUT2D eigenvalue weighted by Gasteiger charge is -2.31. The average Bonchev–Trinajstić information content (AvgIpc) is 3.13. The largest absolute Gasteiger partial charge is 0.298 e. The first kappa shape index (κ1) is 14.4. The summed E-state index contributed by atoms with van der Waals surface area (Å²) in [5.41, 5.74) is 2.73. The highest BCUT2D eigenvalue weighted by molar-refractivity contribution is 7.11. The van der Waals surface area contributed by atoms with Crippen molar-refractivity contribution in [2.75, 3.05) is 13.1 Å². The van der Waals surface area contributed by atoms with Crippen molar-refractivity contribution in [1.29, 1.82) is 0 Å². The highest BCUT2D eigenvalue weighted by Crippen LogP contribution is 2.34. The topological polar surface area (TPSA) is 34.0 Å². The summed E-state index contributed by atoms with van der Waals surface area (Å²) >= 11 is 2.00. The quantitative estimate of drug-likeness (QED) is 0.872. The molecule has 1 atom stereocenters. The lowest BCUT2D eigenvalue weighted by molar-refractivity contribution is 0.200. The third-order valence-corrected chi connectivity index (χ3v) is 6.20. The Morgan fingerprint density at radius 1 is 1.27 bits per heavy atom. The van der Waals surface area contributed by atoms with Gasteiger partial charge in [0.2, 0.25) is 0 Å². The normalized spacial score (nSPS) is 22.7. The number of hydrogen-bond donors (Lipinski definition) is 0. The molecule has 0 aromatic carbocycles. The van der Waals surface area contributed by atoms with E-state index in [-0.39, 0.29) is 0 Å². The molecular weight excluding hydrogens is 292 g/mol. The first-order valence-electron chi connectivity index (χ1n) is 8.46. The van der Waals surface area contributed by atoms with Gasteiger partial charge >= 0.3 is 0 Å². The number of piperidine rings is 1. The van der Waals surface area contributed by atoms with Gasteiger partial charge in [-0.05, 0) is 45.1 Å². The zero-order valence-corrected chi connectivity index (χ0v) is 14.1. The van der Waals surface area contributed by atoms with E-state index < -0.39 is 0 Å². The molecule has 3 heterocycles. The molecule has 2 aromatic heterocycles. The molecule has 1 saturated heterocycles. The van der Waals surface area contributed by atoms with Crippen molar-refractivity contribution in [3.63, 3.8) is 0 Å². The van der Waals surface area contributed by atoms with E-state index in [1.807, 2.05) is 29.3 Å². The van der Waals surface area contributed by atoms with E-state index >= 15 is 0 Å². The van der Waals surface area contributed by atoms with Gasteiger partial charge in [0.15, 0.2) is 0 Å². The molecule has 0 amide bonds. The van der Waals surface area contributed by atoms with Crippen LogP contribution in [0.15, 0.2) is 12.4 Å². The zero-order valence-electron chi connectivity index (χ0n) is 13.3. The van der Waals surface area contributed by atoms with Crippen molar-refractivity contribution < 1.29 is 0 Å². The van der Waals surface area contributed by atoms with Crippen molar-refractivity contribution in [2.24, 2.45) is 7.05 Å². The van der Waals surface area contributed by atoms with E-state index in [2.05, 4.69) is 16.2 Å². The first-order chi connectivity index (χ1) is 10.8. The third kappa shape index (κ3) is 2.97. The summed E-state index contributed by atoms with van der Waals surface area (Å²) in [6, 6.07) is 0. The maximum Gasteiger partial charge on any atom is 0.0974 e. The minimum atomic E-state index is 0.640. The number of thiazole rings is 1. The Kier molecular flexibility index (Phi) is 4.01. The van der Waals surface area contributed by atoms with Crippen LogP contribution in [0.25, 0.3) is 0 Å². The van der Waals surface area contributed by atoms with Gasteiger partial charge in [-0.1, -0.05) is 0 Å². The van der Waals surface area contributed by atoms with Crippen molar-refractivity contribution in [3.8, 4) is 0 Å². The van der Waals surface area contributed by atoms with Crippen LogP contribution in [0.4, 0.5) is 0 Å². The Bertz CT molecular complexity index is 621. The molecular formula is C17H24N4S.